The zero-order valence-electron chi connectivity index (χ0n) is 14.2. The highest BCUT2D eigenvalue weighted by molar-refractivity contribution is 5.60. The first-order chi connectivity index (χ1) is 12.7. The van der Waals surface area contributed by atoms with Gasteiger partial charge in [0.15, 0.2) is 0 Å². The maximum absolute atomic E-state index is 11.4. The van der Waals surface area contributed by atoms with E-state index in [4.69, 9.17) is 0 Å². The van der Waals surface area contributed by atoms with Crippen LogP contribution in [-0.2, 0) is 0 Å². The van der Waals surface area contributed by atoms with Crippen LogP contribution in [0.5, 0.6) is 0 Å². The number of H-pyrrole nitrogens is 1. The molecule has 1 aromatic carbocycles. The second kappa shape index (κ2) is 6.95. The van der Waals surface area contributed by atoms with Gasteiger partial charge in [-0.25, -0.2) is 9.97 Å². The number of anilines is 1. The standard InChI is InChI=1S/C19H19N5O2/c25-24(26)17-10-6-11-20-19(17)23-12-5-4-9-16(23)18-21-13-15(22-18)14-7-2-1-3-8-14/h1-3,6-8,10-11,13,16H,4-5,9,12H2,(H,21,22)/t16-/m0/s1. The lowest BCUT2D eigenvalue weighted by Crippen LogP contribution is -2.35. The SMILES string of the molecule is O=[N+]([O-])c1cccnc1N1CCCC[C@H]1c1ncc(-c2ccccc2)[nH]1. The van der Waals surface area contributed by atoms with Crippen LogP contribution in [0.2, 0.25) is 0 Å². The van der Waals surface area contributed by atoms with Crippen LogP contribution in [0.4, 0.5) is 11.5 Å². The minimum atomic E-state index is -0.370. The first-order valence-electron chi connectivity index (χ1n) is 8.70. The Bertz CT molecular complexity index is 909. The summed E-state index contributed by atoms with van der Waals surface area (Å²) < 4.78 is 0. The molecule has 0 amide bonds. The fraction of sp³-hybridized carbons (Fsp3) is 0.263. The molecule has 0 saturated carbocycles. The van der Waals surface area contributed by atoms with Crippen molar-refractivity contribution in [1.29, 1.82) is 0 Å². The molecule has 1 N–H and O–H groups in total. The number of nitro groups is 1. The van der Waals surface area contributed by atoms with Crippen molar-refractivity contribution in [2.45, 2.75) is 25.3 Å². The van der Waals surface area contributed by atoms with E-state index < -0.39 is 0 Å². The highest BCUT2D eigenvalue weighted by Crippen LogP contribution is 2.37. The molecule has 0 spiro atoms. The quantitative estimate of drug-likeness (QED) is 0.565. The van der Waals surface area contributed by atoms with Gasteiger partial charge in [-0.15, -0.1) is 0 Å². The van der Waals surface area contributed by atoms with Gasteiger partial charge in [0.1, 0.15) is 5.82 Å². The number of rotatable bonds is 4. The molecule has 1 atom stereocenters. The number of benzene rings is 1. The highest BCUT2D eigenvalue weighted by Gasteiger charge is 2.31. The Hall–Kier alpha value is -3.22. The van der Waals surface area contributed by atoms with E-state index in [0.717, 1.165) is 42.9 Å². The molecule has 1 aliphatic heterocycles. The number of nitrogens with one attached hydrogen (secondary N) is 1. The third kappa shape index (κ3) is 3.03. The van der Waals surface area contributed by atoms with Crippen molar-refractivity contribution in [2.24, 2.45) is 0 Å². The molecular formula is C19H19N5O2. The summed E-state index contributed by atoms with van der Waals surface area (Å²) in [6.07, 6.45) is 6.35. The molecule has 7 heteroatoms. The van der Waals surface area contributed by atoms with Crippen molar-refractivity contribution in [2.75, 3.05) is 11.4 Å². The molecule has 1 saturated heterocycles. The molecule has 0 unspecified atom stereocenters. The highest BCUT2D eigenvalue weighted by atomic mass is 16.6. The summed E-state index contributed by atoms with van der Waals surface area (Å²) in [5.74, 6) is 1.24. The number of pyridine rings is 1. The second-order valence-electron chi connectivity index (χ2n) is 6.36. The number of aromatic nitrogens is 3. The van der Waals surface area contributed by atoms with Crippen molar-refractivity contribution in [1.82, 2.24) is 15.0 Å². The lowest BCUT2D eigenvalue weighted by Gasteiger charge is -2.35. The summed E-state index contributed by atoms with van der Waals surface area (Å²) in [6, 6.07) is 13.1. The molecule has 0 aliphatic carbocycles. The average Bonchev–Trinajstić information content (AvgIpc) is 3.19. The Balaban J connectivity index is 1.69. The predicted molar refractivity (Wildman–Crippen MR) is 98.9 cm³/mol. The third-order valence-electron chi connectivity index (χ3n) is 4.73. The van der Waals surface area contributed by atoms with E-state index >= 15 is 0 Å². The maximum Gasteiger partial charge on any atom is 0.311 e. The summed E-state index contributed by atoms with van der Waals surface area (Å²) in [6.45, 7) is 0.726. The topological polar surface area (TPSA) is 87.9 Å². The summed E-state index contributed by atoms with van der Waals surface area (Å²) in [5.41, 5.74) is 2.05. The van der Waals surface area contributed by atoms with Gasteiger partial charge in [-0.3, -0.25) is 10.1 Å². The van der Waals surface area contributed by atoms with Crippen LogP contribution in [0.15, 0.2) is 54.9 Å². The van der Waals surface area contributed by atoms with Crippen LogP contribution >= 0.6 is 0 Å². The van der Waals surface area contributed by atoms with Crippen molar-refractivity contribution >= 4 is 11.5 Å². The normalized spacial score (nSPS) is 17.2. The maximum atomic E-state index is 11.4. The number of hydrogen-bond acceptors (Lipinski definition) is 5. The largest absolute Gasteiger partial charge is 0.341 e. The molecule has 1 fully saturated rings. The summed E-state index contributed by atoms with van der Waals surface area (Å²) in [5, 5.41) is 11.4. The first kappa shape index (κ1) is 16.3. The molecule has 3 aromatic rings. The molecule has 2 aromatic heterocycles. The van der Waals surface area contributed by atoms with Gasteiger partial charge < -0.3 is 9.88 Å². The van der Waals surface area contributed by atoms with E-state index in [1.54, 1.807) is 12.3 Å². The molecule has 26 heavy (non-hydrogen) atoms. The lowest BCUT2D eigenvalue weighted by molar-refractivity contribution is -0.384. The van der Waals surface area contributed by atoms with Crippen LogP contribution in [0.3, 0.4) is 0 Å². The Kier molecular flexibility index (Phi) is 4.35. The Labute approximate surface area is 150 Å². The van der Waals surface area contributed by atoms with Gasteiger partial charge in [0.25, 0.3) is 0 Å². The van der Waals surface area contributed by atoms with Crippen molar-refractivity contribution < 1.29 is 4.92 Å². The van der Waals surface area contributed by atoms with E-state index in [-0.39, 0.29) is 16.7 Å². The van der Waals surface area contributed by atoms with E-state index in [2.05, 4.69) is 15.0 Å². The zero-order valence-corrected chi connectivity index (χ0v) is 14.2. The van der Waals surface area contributed by atoms with Gasteiger partial charge in [0, 0.05) is 18.8 Å². The van der Waals surface area contributed by atoms with E-state index in [0.29, 0.717) is 5.82 Å². The van der Waals surface area contributed by atoms with Crippen LogP contribution < -0.4 is 4.90 Å². The number of nitrogens with zero attached hydrogens (tertiary/aromatic N) is 4. The molecule has 4 rings (SSSR count). The molecule has 3 heterocycles. The van der Waals surface area contributed by atoms with Crippen LogP contribution in [0.25, 0.3) is 11.3 Å². The van der Waals surface area contributed by atoms with E-state index in [1.807, 2.05) is 41.4 Å². The lowest BCUT2D eigenvalue weighted by atomic mass is 10.0. The number of hydrogen-bond donors (Lipinski definition) is 1. The molecule has 7 nitrogen and oxygen atoms in total. The number of piperidine rings is 1. The van der Waals surface area contributed by atoms with Crippen LogP contribution in [0, 0.1) is 10.1 Å². The second-order valence-corrected chi connectivity index (χ2v) is 6.36. The van der Waals surface area contributed by atoms with E-state index in [1.165, 1.54) is 6.07 Å². The van der Waals surface area contributed by atoms with E-state index in [9.17, 15) is 10.1 Å². The molecule has 132 valence electrons. The Morgan fingerprint density at radius 1 is 1.12 bits per heavy atom. The number of imidazole rings is 1. The molecule has 0 radical (unpaired) electrons. The average molecular weight is 349 g/mol. The Morgan fingerprint density at radius 2 is 1.96 bits per heavy atom. The Morgan fingerprint density at radius 3 is 2.77 bits per heavy atom. The minimum absolute atomic E-state index is 0.0363. The zero-order chi connectivity index (χ0) is 17.9. The van der Waals surface area contributed by atoms with Crippen LogP contribution in [0.1, 0.15) is 31.1 Å². The van der Waals surface area contributed by atoms with Gasteiger partial charge in [0.05, 0.1) is 22.9 Å². The summed E-state index contributed by atoms with van der Waals surface area (Å²) in [7, 11) is 0. The van der Waals surface area contributed by atoms with Crippen LogP contribution in [-0.4, -0.2) is 26.4 Å². The number of aromatic amines is 1. The predicted octanol–water partition coefficient (Wildman–Crippen LogP) is 4.11. The van der Waals surface area contributed by atoms with Crippen molar-refractivity contribution in [3.8, 4) is 11.3 Å². The first-order valence-corrected chi connectivity index (χ1v) is 8.70. The monoisotopic (exact) mass is 349 g/mol. The summed E-state index contributed by atoms with van der Waals surface area (Å²) in [4.78, 5) is 25.3. The molecule has 0 bridgehead atoms. The van der Waals surface area contributed by atoms with Crippen molar-refractivity contribution in [3.05, 3.63) is 70.8 Å². The summed E-state index contributed by atoms with van der Waals surface area (Å²) >= 11 is 0. The van der Waals surface area contributed by atoms with Crippen molar-refractivity contribution in [3.63, 3.8) is 0 Å². The van der Waals surface area contributed by atoms with Gasteiger partial charge in [-0.1, -0.05) is 30.3 Å². The van der Waals surface area contributed by atoms with Gasteiger partial charge in [0.2, 0.25) is 5.82 Å². The fourth-order valence-electron chi connectivity index (χ4n) is 3.49. The van der Waals surface area contributed by atoms with Gasteiger partial charge >= 0.3 is 5.69 Å². The smallest absolute Gasteiger partial charge is 0.311 e. The molecule has 1 aliphatic rings. The minimum Gasteiger partial charge on any atom is -0.341 e. The fourth-order valence-corrected chi connectivity index (χ4v) is 3.49. The van der Waals surface area contributed by atoms with Gasteiger partial charge in [-0.2, -0.15) is 0 Å². The van der Waals surface area contributed by atoms with Gasteiger partial charge in [-0.05, 0) is 30.9 Å². The molecular weight excluding hydrogens is 330 g/mol. The third-order valence-corrected chi connectivity index (χ3v) is 4.73.